The number of halogens is 1. The van der Waals surface area contributed by atoms with Crippen LogP contribution in [0.25, 0.3) is 0 Å². The zero-order chi connectivity index (χ0) is 18.6. The van der Waals surface area contributed by atoms with Crippen molar-refractivity contribution in [1.82, 2.24) is 4.90 Å². The molecule has 7 heteroatoms. The smallest absolute Gasteiger partial charge is 0.293 e. The number of nitro benzene ring substituents is 1. The fourth-order valence-electron chi connectivity index (χ4n) is 2.54. The second-order valence-electron chi connectivity index (χ2n) is 5.96. The normalized spacial score (nSPS) is 12.0. The van der Waals surface area contributed by atoms with Gasteiger partial charge in [0.05, 0.1) is 11.0 Å². The first kappa shape index (κ1) is 18.9. The fraction of sp³-hybridized carbons (Fsp3) is 0.278. The van der Waals surface area contributed by atoms with Crippen molar-refractivity contribution in [1.29, 1.82) is 0 Å². The number of hydrogen-bond donors (Lipinski definition) is 1. The monoisotopic (exact) mass is 361 g/mol. The maximum Gasteiger partial charge on any atom is 0.293 e. The third kappa shape index (κ3) is 4.78. The summed E-state index contributed by atoms with van der Waals surface area (Å²) in [6.07, 6.45) is 0. The summed E-state index contributed by atoms with van der Waals surface area (Å²) in [6, 6.07) is 12.0. The Morgan fingerprint density at radius 3 is 2.40 bits per heavy atom. The number of carbonyl (C=O) groups excluding carboxylic acids is 1. The Kier molecular flexibility index (Phi) is 6.12. The molecule has 0 saturated carbocycles. The number of carbonyl (C=O) groups is 1. The molecule has 2 rings (SSSR count). The van der Waals surface area contributed by atoms with Crippen LogP contribution < -0.4 is 5.32 Å². The average molecular weight is 362 g/mol. The van der Waals surface area contributed by atoms with Gasteiger partial charge in [0, 0.05) is 23.2 Å². The van der Waals surface area contributed by atoms with Crippen LogP contribution in [0, 0.1) is 10.1 Å². The SMILES string of the molecule is CC(=O)c1ccc(NCC(c2ccc(Cl)cc2)N(C)C)c([N+](=O)[O-])c1. The van der Waals surface area contributed by atoms with E-state index in [1.807, 2.05) is 43.3 Å². The number of nitrogens with one attached hydrogen (secondary N) is 1. The Hall–Kier alpha value is -2.44. The van der Waals surface area contributed by atoms with Crippen LogP contribution in [-0.4, -0.2) is 36.2 Å². The molecule has 0 spiro atoms. The number of Topliss-reactive ketones (excluding diaryl/α,β-unsaturated/α-hetero) is 1. The zero-order valence-electron chi connectivity index (χ0n) is 14.3. The molecule has 0 radical (unpaired) electrons. The largest absolute Gasteiger partial charge is 0.378 e. The van der Waals surface area contributed by atoms with Crippen LogP contribution in [0.15, 0.2) is 42.5 Å². The van der Waals surface area contributed by atoms with Crippen molar-refractivity contribution in [3.05, 3.63) is 68.7 Å². The second-order valence-corrected chi connectivity index (χ2v) is 6.39. The molecule has 0 aromatic heterocycles. The number of benzene rings is 2. The number of likely N-dealkylation sites (N-methyl/N-ethyl adjacent to an activating group) is 1. The van der Waals surface area contributed by atoms with Gasteiger partial charge < -0.3 is 10.2 Å². The molecular weight excluding hydrogens is 342 g/mol. The molecule has 1 atom stereocenters. The number of hydrogen-bond acceptors (Lipinski definition) is 5. The molecule has 6 nitrogen and oxygen atoms in total. The molecule has 0 aliphatic heterocycles. The summed E-state index contributed by atoms with van der Waals surface area (Å²) in [5, 5.41) is 15.1. The van der Waals surface area contributed by atoms with E-state index in [1.165, 1.54) is 13.0 Å². The van der Waals surface area contributed by atoms with Crippen LogP contribution >= 0.6 is 11.6 Å². The number of anilines is 1. The highest BCUT2D eigenvalue weighted by Crippen LogP contribution is 2.28. The van der Waals surface area contributed by atoms with Crippen LogP contribution in [0.5, 0.6) is 0 Å². The first-order chi connectivity index (χ1) is 11.8. The summed E-state index contributed by atoms with van der Waals surface area (Å²) in [5.74, 6) is -0.206. The topological polar surface area (TPSA) is 75.5 Å². The van der Waals surface area contributed by atoms with Gasteiger partial charge in [-0.1, -0.05) is 23.7 Å². The van der Waals surface area contributed by atoms with Crippen molar-refractivity contribution in [3.63, 3.8) is 0 Å². The Labute approximate surface area is 151 Å². The number of ketones is 1. The fourth-order valence-corrected chi connectivity index (χ4v) is 2.67. The van der Waals surface area contributed by atoms with Crippen molar-refractivity contribution >= 4 is 28.8 Å². The summed E-state index contributed by atoms with van der Waals surface area (Å²) in [7, 11) is 3.88. The lowest BCUT2D eigenvalue weighted by Crippen LogP contribution is -2.27. The highest BCUT2D eigenvalue weighted by Gasteiger charge is 2.19. The lowest BCUT2D eigenvalue weighted by atomic mass is 10.1. The lowest BCUT2D eigenvalue weighted by molar-refractivity contribution is -0.384. The molecule has 2 aromatic rings. The summed E-state index contributed by atoms with van der Waals surface area (Å²) < 4.78 is 0. The Morgan fingerprint density at radius 1 is 1.24 bits per heavy atom. The third-order valence-electron chi connectivity index (χ3n) is 3.96. The third-order valence-corrected chi connectivity index (χ3v) is 4.22. The summed E-state index contributed by atoms with van der Waals surface area (Å²) in [5.41, 5.74) is 1.64. The minimum atomic E-state index is -0.484. The Bertz CT molecular complexity index is 776. The molecule has 1 unspecified atom stereocenters. The summed E-state index contributed by atoms with van der Waals surface area (Å²) in [4.78, 5) is 24.3. The molecule has 25 heavy (non-hydrogen) atoms. The van der Waals surface area contributed by atoms with Gasteiger partial charge in [-0.3, -0.25) is 14.9 Å². The van der Waals surface area contributed by atoms with Crippen molar-refractivity contribution in [3.8, 4) is 0 Å². The average Bonchev–Trinajstić information content (AvgIpc) is 2.56. The molecule has 0 saturated heterocycles. The van der Waals surface area contributed by atoms with Gasteiger partial charge in [0.25, 0.3) is 5.69 Å². The molecule has 0 amide bonds. The van der Waals surface area contributed by atoms with Crippen LogP contribution in [0.1, 0.15) is 28.9 Å². The number of nitrogens with zero attached hydrogens (tertiary/aromatic N) is 2. The molecular formula is C18H20ClN3O3. The lowest BCUT2D eigenvalue weighted by Gasteiger charge is -2.25. The van der Waals surface area contributed by atoms with Crippen LogP contribution in [0.3, 0.4) is 0 Å². The zero-order valence-corrected chi connectivity index (χ0v) is 15.1. The molecule has 2 aromatic carbocycles. The number of rotatable bonds is 7. The van der Waals surface area contributed by atoms with Gasteiger partial charge in [0.1, 0.15) is 5.69 Å². The van der Waals surface area contributed by atoms with Crippen LogP contribution in [0.2, 0.25) is 5.02 Å². The predicted molar refractivity (Wildman–Crippen MR) is 99.5 cm³/mol. The predicted octanol–water partition coefficient (Wildman–Crippen LogP) is 4.17. The molecule has 0 bridgehead atoms. The molecule has 0 fully saturated rings. The highest BCUT2D eigenvalue weighted by molar-refractivity contribution is 6.30. The van der Waals surface area contributed by atoms with E-state index in [2.05, 4.69) is 5.32 Å². The van der Waals surface area contributed by atoms with Crippen LogP contribution in [0.4, 0.5) is 11.4 Å². The minimum absolute atomic E-state index is 0.00403. The Morgan fingerprint density at radius 2 is 1.88 bits per heavy atom. The Balaban J connectivity index is 2.24. The van der Waals surface area contributed by atoms with Crippen LogP contribution in [-0.2, 0) is 0 Å². The van der Waals surface area contributed by atoms with Crippen molar-refractivity contribution < 1.29 is 9.72 Å². The maximum atomic E-state index is 11.4. The van der Waals surface area contributed by atoms with E-state index >= 15 is 0 Å². The number of nitro groups is 1. The van der Waals surface area contributed by atoms with Gasteiger partial charge in [-0.15, -0.1) is 0 Å². The molecule has 0 heterocycles. The van der Waals surface area contributed by atoms with E-state index in [0.717, 1.165) is 5.56 Å². The van der Waals surface area contributed by atoms with Gasteiger partial charge in [-0.25, -0.2) is 0 Å². The first-order valence-electron chi connectivity index (χ1n) is 7.74. The quantitative estimate of drug-likeness (QED) is 0.455. The van der Waals surface area contributed by atoms with Gasteiger partial charge >= 0.3 is 0 Å². The minimum Gasteiger partial charge on any atom is -0.378 e. The van der Waals surface area contributed by atoms with E-state index < -0.39 is 4.92 Å². The van der Waals surface area contributed by atoms with Crippen molar-refractivity contribution in [2.24, 2.45) is 0 Å². The van der Waals surface area contributed by atoms with E-state index in [1.54, 1.807) is 12.1 Å². The van der Waals surface area contributed by atoms with Gasteiger partial charge in [-0.05, 0) is 50.8 Å². The van der Waals surface area contributed by atoms with Gasteiger partial charge in [-0.2, -0.15) is 0 Å². The highest BCUT2D eigenvalue weighted by atomic mass is 35.5. The molecule has 0 aliphatic rings. The molecule has 0 aliphatic carbocycles. The molecule has 132 valence electrons. The van der Waals surface area contributed by atoms with E-state index in [4.69, 9.17) is 11.6 Å². The molecule has 1 N–H and O–H groups in total. The van der Waals surface area contributed by atoms with Crippen molar-refractivity contribution in [2.75, 3.05) is 26.0 Å². The van der Waals surface area contributed by atoms with Gasteiger partial charge in [0.2, 0.25) is 0 Å². The van der Waals surface area contributed by atoms with E-state index in [0.29, 0.717) is 22.8 Å². The summed E-state index contributed by atoms with van der Waals surface area (Å²) in [6.45, 7) is 1.85. The van der Waals surface area contributed by atoms with Gasteiger partial charge in [0.15, 0.2) is 5.78 Å². The second kappa shape index (κ2) is 8.09. The van der Waals surface area contributed by atoms with E-state index in [-0.39, 0.29) is 17.5 Å². The van der Waals surface area contributed by atoms with E-state index in [9.17, 15) is 14.9 Å². The first-order valence-corrected chi connectivity index (χ1v) is 8.12. The van der Waals surface area contributed by atoms with Crippen molar-refractivity contribution in [2.45, 2.75) is 13.0 Å². The summed E-state index contributed by atoms with van der Waals surface area (Å²) >= 11 is 5.93. The standard InChI is InChI=1S/C18H20ClN3O3/c1-12(23)14-6-9-16(17(10-14)22(24)25)20-11-18(21(2)3)13-4-7-15(19)8-5-13/h4-10,18,20H,11H2,1-3H3. The maximum absolute atomic E-state index is 11.4.